The van der Waals surface area contributed by atoms with Crippen LogP contribution in [-0.4, -0.2) is 20.7 Å². The van der Waals surface area contributed by atoms with Crippen LogP contribution in [0.5, 0.6) is 5.88 Å². The molecule has 4 nitrogen and oxygen atoms in total. The molecule has 2 aromatic carbocycles. The average molecular weight is 524 g/mol. The fraction of sp³-hybridized carbons (Fsp3) is 0.0588. The molecule has 0 amide bonds. The number of ketones is 1. The molecule has 0 aliphatic carbocycles. The number of aryl methyl sites for hydroxylation is 1. The average Bonchev–Trinajstić information content (AvgIpc) is 3.01. The summed E-state index contributed by atoms with van der Waals surface area (Å²) in [6.45, 7) is 0.779. The second-order valence-corrected chi connectivity index (χ2v) is 5.89. The monoisotopic (exact) mass is 522 g/mol. The van der Waals surface area contributed by atoms with Crippen molar-refractivity contribution in [3.8, 4) is 11.6 Å². The molecule has 3 aromatic rings. The molecule has 1 N–H and O–H groups in total. The van der Waals surface area contributed by atoms with Gasteiger partial charge in [-0.2, -0.15) is 9.78 Å². The predicted molar refractivity (Wildman–Crippen MR) is 79.4 cm³/mol. The zero-order chi connectivity index (χ0) is 23.5. The van der Waals surface area contributed by atoms with E-state index >= 15 is 0 Å². The first-order valence-corrected chi connectivity index (χ1v) is 7.69. The van der Waals surface area contributed by atoms with Crippen molar-refractivity contribution in [3.63, 3.8) is 0 Å². The summed E-state index contributed by atoms with van der Waals surface area (Å²) in [6.07, 6.45) is 0. The Balaban J connectivity index is 0.00000363. The Labute approximate surface area is 182 Å². The number of hydrogen-bond acceptors (Lipinski definition) is 3. The number of carbonyl (C=O) groups is 1. The molecule has 0 saturated heterocycles. The number of hydrogen-bond donors (Lipinski definition) is 1. The molecule has 1 aromatic heterocycles. The van der Waals surface area contributed by atoms with E-state index in [4.69, 9.17) is 0 Å². The predicted octanol–water partition coefficient (Wildman–Crippen LogP) is 4.51. The first-order valence-electron chi connectivity index (χ1n) is 7.69. The summed E-state index contributed by atoms with van der Waals surface area (Å²) >= 11 is 0. The number of nitrogens with zero attached hydrogens (tertiary/aromatic N) is 2. The van der Waals surface area contributed by atoms with Crippen LogP contribution < -0.4 is 0 Å². The van der Waals surface area contributed by atoms with Gasteiger partial charge >= 0.3 is 0 Å². The maximum absolute atomic E-state index is 14.0. The van der Waals surface area contributed by atoms with Gasteiger partial charge in [0.15, 0.2) is 46.5 Å². The summed E-state index contributed by atoms with van der Waals surface area (Å²) in [5.74, 6) is -29.0. The zero-order valence-corrected chi connectivity index (χ0v) is 18.2. The van der Waals surface area contributed by atoms with Crippen LogP contribution >= 0.6 is 0 Å². The smallest absolute Gasteiger partial charge is 0.226 e. The van der Waals surface area contributed by atoms with Gasteiger partial charge in [0.2, 0.25) is 23.3 Å². The molecular weight excluding hydrogens is 520 g/mol. The fourth-order valence-electron chi connectivity index (χ4n) is 2.65. The minimum absolute atomic E-state index is 0. The Morgan fingerprint density at radius 3 is 1.41 bits per heavy atom. The third-order valence-electron chi connectivity index (χ3n) is 4.10. The van der Waals surface area contributed by atoms with Crippen LogP contribution in [0.1, 0.15) is 21.6 Å². The number of halogens is 10. The van der Waals surface area contributed by atoms with Crippen LogP contribution in [0.25, 0.3) is 5.69 Å². The van der Waals surface area contributed by atoms with Crippen LogP contribution in [0, 0.1) is 65.1 Å². The minimum Gasteiger partial charge on any atom is -0.493 e. The van der Waals surface area contributed by atoms with E-state index in [1.54, 1.807) is 0 Å². The van der Waals surface area contributed by atoms with E-state index in [1.807, 2.05) is 0 Å². The van der Waals surface area contributed by atoms with Crippen molar-refractivity contribution in [1.29, 1.82) is 0 Å². The van der Waals surface area contributed by atoms with Gasteiger partial charge in [-0.3, -0.25) is 4.79 Å². The quantitative estimate of drug-likeness (QED) is 0.181. The van der Waals surface area contributed by atoms with Crippen molar-refractivity contribution in [1.82, 2.24) is 9.78 Å². The van der Waals surface area contributed by atoms with E-state index in [1.165, 1.54) is 0 Å². The van der Waals surface area contributed by atoms with Crippen LogP contribution in [0.3, 0.4) is 0 Å². The molecule has 15 heteroatoms. The Hall–Kier alpha value is -2.96. The molecule has 0 aliphatic heterocycles. The van der Waals surface area contributed by atoms with Crippen molar-refractivity contribution >= 4 is 5.78 Å². The first-order chi connectivity index (χ1) is 14.3. The van der Waals surface area contributed by atoms with Crippen LogP contribution in [-0.2, 0) is 19.5 Å². The van der Waals surface area contributed by atoms with Crippen LogP contribution in [0.4, 0.5) is 43.9 Å². The van der Waals surface area contributed by atoms with Gasteiger partial charge in [-0.15, -0.1) is 0 Å². The molecule has 166 valence electrons. The Morgan fingerprint density at radius 1 is 0.656 bits per heavy atom. The molecule has 32 heavy (non-hydrogen) atoms. The second kappa shape index (κ2) is 8.53. The topological polar surface area (TPSA) is 55.1 Å². The molecule has 0 atom stereocenters. The summed E-state index contributed by atoms with van der Waals surface area (Å²) in [4.78, 5) is 12.4. The van der Waals surface area contributed by atoms with Crippen molar-refractivity contribution in [3.05, 3.63) is 75.0 Å². The van der Waals surface area contributed by atoms with Gasteiger partial charge in [0.25, 0.3) is 0 Å². The third-order valence-corrected chi connectivity index (χ3v) is 4.10. The summed E-state index contributed by atoms with van der Waals surface area (Å²) in [5.41, 5.74) is -6.05. The van der Waals surface area contributed by atoms with Gasteiger partial charge in [0, 0.05) is 19.5 Å². The van der Waals surface area contributed by atoms with Crippen LogP contribution in [0.15, 0.2) is 0 Å². The third kappa shape index (κ3) is 3.44. The molecule has 0 unspecified atom stereocenters. The molecule has 3 rings (SSSR count). The summed E-state index contributed by atoms with van der Waals surface area (Å²) in [7, 11) is 0. The van der Waals surface area contributed by atoms with Crippen molar-refractivity contribution in [2.24, 2.45) is 0 Å². The van der Waals surface area contributed by atoms with Crippen molar-refractivity contribution < 1.29 is 73.3 Å². The Kier molecular flexibility index (Phi) is 6.74. The summed E-state index contributed by atoms with van der Waals surface area (Å²) < 4.78 is 135. The van der Waals surface area contributed by atoms with Gasteiger partial charge in [-0.25, -0.2) is 43.9 Å². The molecule has 0 aliphatic rings. The number of rotatable bonds is 3. The van der Waals surface area contributed by atoms with Gasteiger partial charge in [-0.1, -0.05) is 0 Å². The standard InChI is InChI=1S/C17H4F10N2O2.Zn/c1-2-3(16(30)4-5(18)7(20)9(22)8(21)6(4)19)17(31)29(28-2)15-13(26)11(24)10(23)12(25)14(15)27;/h31H,1H3;. The fourth-order valence-corrected chi connectivity index (χ4v) is 2.65. The molecule has 1 heterocycles. The summed E-state index contributed by atoms with van der Waals surface area (Å²) in [5, 5.41) is 13.3. The molecule has 0 spiro atoms. The molecule has 0 fully saturated rings. The molecule has 0 radical (unpaired) electrons. The zero-order valence-electron chi connectivity index (χ0n) is 15.2. The van der Waals surface area contributed by atoms with Crippen molar-refractivity contribution in [2.45, 2.75) is 6.92 Å². The number of aromatic hydroxyl groups is 1. The SMILES string of the molecule is Cc1nn(-c2c(F)c(F)c(F)c(F)c2F)c(O)c1C(=O)c1c(F)c(F)c(F)c(F)c1F.[Zn]. The molecule has 0 saturated carbocycles. The van der Waals surface area contributed by atoms with Gasteiger partial charge in [-0.05, 0) is 6.92 Å². The number of benzene rings is 2. The maximum atomic E-state index is 14.0. The minimum atomic E-state index is -2.59. The second-order valence-electron chi connectivity index (χ2n) is 5.89. The van der Waals surface area contributed by atoms with E-state index in [0.29, 0.717) is 0 Å². The van der Waals surface area contributed by atoms with Gasteiger partial charge < -0.3 is 5.11 Å². The summed E-state index contributed by atoms with van der Waals surface area (Å²) in [6, 6.07) is 0. The molecule has 0 bridgehead atoms. The van der Waals surface area contributed by atoms with E-state index in [-0.39, 0.29) is 24.2 Å². The first kappa shape index (κ1) is 25.3. The Bertz CT molecular complexity index is 1230. The normalized spacial score (nSPS) is 11.0. The largest absolute Gasteiger partial charge is 0.493 e. The number of aromatic nitrogens is 2. The number of carbonyl (C=O) groups excluding carboxylic acids is 1. The molecular formula is C17H4F10N2O2Zn. The van der Waals surface area contributed by atoms with Crippen LogP contribution in [0.2, 0.25) is 0 Å². The van der Waals surface area contributed by atoms with E-state index in [9.17, 15) is 53.8 Å². The maximum Gasteiger partial charge on any atom is 0.226 e. The van der Waals surface area contributed by atoms with Crippen molar-refractivity contribution in [2.75, 3.05) is 0 Å². The van der Waals surface area contributed by atoms with E-state index in [0.717, 1.165) is 6.92 Å². The Morgan fingerprint density at radius 2 is 1.00 bits per heavy atom. The van der Waals surface area contributed by atoms with E-state index in [2.05, 4.69) is 5.10 Å². The van der Waals surface area contributed by atoms with Gasteiger partial charge in [0.05, 0.1) is 5.69 Å². The van der Waals surface area contributed by atoms with E-state index < -0.39 is 92.3 Å². The van der Waals surface area contributed by atoms with Gasteiger partial charge in [0.1, 0.15) is 16.8 Å².